The van der Waals surface area contributed by atoms with Gasteiger partial charge in [0.05, 0.1) is 19.0 Å². The zero-order chi connectivity index (χ0) is 15.2. The molecule has 21 heavy (non-hydrogen) atoms. The molecule has 0 aliphatic carbocycles. The average molecular weight is 314 g/mol. The van der Waals surface area contributed by atoms with Gasteiger partial charge in [-0.1, -0.05) is 0 Å². The molecule has 3 rings (SSSR count). The maximum Gasteiger partial charge on any atom is 0.278 e. The monoisotopic (exact) mass is 314 g/mol. The normalized spacial score (nSPS) is 25.2. The Labute approximate surface area is 118 Å². The van der Waals surface area contributed by atoms with Crippen molar-refractivity contribution in [3.05, 3.63) is 16.7 Å². The lowest BCUT2D eigenvalue weighted by Crippen LogP contribution is -2.22. The summed E-state index contributed by atoms with van der Waals surface area (Å²) in [7, 11) is -4.50. The number of rotatable bonds is 3. The number of aromatic amines is 1. The molecule has 0 saturated carbocycles. The van der Waals surface area contributed by atoms with Gasteiger partial charge in [0.15, 0.2) is 18.8 Å². The summed E-state index contributed by atoms with van der Waals surface area (Å²) >= 11 is 0. The lowest BCUT2D eigenvalue weighted by molar-refractivity contribution is -0.204. The second-order valence-electron chi connectivity index (χ2n) is 4.87. The number of ether oxygens (including phenoxy) is 1. The van der Waals surface area contributed by atoms with E-state index in [1.807, 2.05) is 0 Å². The Balaban J connectivity index is 1.84. The van der Waals surface area contributed by atoms with Crippen LogP contribution < -0.4 is 16.2 Å². The van der Waals surface area contributed by atoms with E-state index in [2.05, 4.69) is 15.0 Å². The minimum absolute atomic E-state index is 0.0255. The summed E-state index contributed by atoms with van der Waals surface area (Å²) in [5.74, 6) is -1.22. The second-order valence-corrected chi connectivity index (χ2v) is 6.58. The molecule has 2 aromatic heterocycles. The van der Waals surface area contributed by atoms with E-state index >= 15 is 0 Å². The number of aromatic nitrogens is 4. The first-order chi connectivity index (χ1) is 9.84. The molecule has 2 aromatic rings. The molecule has 1 fully saturated rings. The molecule has 3 unspecified atom stereocenters. The van der Waals surface area contributed by atoms with Crippen molar-refractivity contribution < 1.29 is 19.1 Å². The number of hydrogen-bond donors (Lipinski definition) is 3. The average Bonchev–Trinajstić information content (AvgIpc) is 2.96. The second kappa shape index (κ2) is 4.92. The maximum atomic E-state index is 11.9. The zero-order valence-electron chi connectivity index (χ0n) is 10.8. The standard InChI is InChI=1S/C10H14N5O5P/c11-10-13-8-7(9(16)14-10)15(4-12-8)3-5-1-2-6(20-5)21(17,18)19/h4-6H,1-3H2,(H2,17,18,19)(H3,11,13,14,16)/p-1. The Morgan fingerprint density at radius 2 is 2.38 bits per heavy atom. The van der Waals surface area contributed by atoms with E-state index in [9.17, 15) is 14.3 Å². The Bertz CT molecular complexity index is 780. The third kappa shape index (κ3) is 2.70. The maximum absolute atomic E-state index is 11.9. The molecule has 1 saturated heterocycles. The molecule has 11 heteroatoms. The predicted octanol–water partition coefficient (Wildman–Crippen LogP) is -1.25. The summed E-state index contributed by atoms with van der Waals surface area (Å²) in [6.07, 6.45) is 1.66. The van der Waals surface area contributed by atoms with Gasteiger partial charge in [0, 0.05) is 0 Å². The molecular weight excluding hydrogens is 301 g/mol. The van der Waals surface area contributed by atoms with Crippen molar-refractivity contribution in [2.75, 3.05) is 5.73 Å². The third-order valence-electron chi connectivity index (χ3n) is 3.35. The number of nitrogens with zero attached hydrogens (tertiary/aromatic N) is 3. The molecule has 0 radical (unpaired) electrons. The summed E-state index contributed by atoms with van der Waals surface area (Å²) in [6.45, 7) is 0.238. The number of nitrogens with two attached hydrogens (primary N) is 1. The van der Waals surface area contributed by atoms with Gasteiger partial charge in [-0.05, 0) is 12.8 Å². The fourth-order valence-corrected chi connectivity index (χ4v) is 3.22. The Morgan fingerprint density at radius 3 is 3.05 bits per heavy atom. The number of fused-ring (bicyclic) bond motifs is 1. The van der Waals surface area contributed by atoms with E-state index in [1.54, 1.807) is 0 Å². The first kappa shape index (κ1) is 14.2. The molecule has 4 N–H and O–H groups in total. The van der Waals surface area contributed by atoms with E-state index in [-0.39, 0.29) is 30.1 Å². The van der Waals surface area contributed by atoms with Crippen molar-refractivity contribution in [2.45, 2.75) is 31.3 Å². The Morgan fingerprint density at radius 1 is 1.62 bits per heavy atom. The van der Waals surface area contributed by atoms with Crippen LogP contribution in [-0.2, 0) is 15.8 Å². The molecule has 0 aromatic carbocycles. The van der Waals surface area contributed by atoms with Crippen molar-refractivity contribution >= 4 is 24.7 Å². The Kier molecular flexibility index (Phi) is 3.33. The van der Waals surface area contributed by atoms with Crippen molar-refractivity contribution in [2.24, 2.45) is 0 Å². The molecule has 0 bridgehead atoms. The number of H-pyrrole nitrogens is 1. The minimum Gasteiger partial charge on any atom is -0.777 e. The van der Waals surface area contributed by atoms with Gasteiger partial charge in [0.2, 0.25) is 5.95 Å². The Hall–Kier alpha value is -1.74. The van der Waals surface area contributed by atoms with Gasteiger partial charge < -0.3 is 29.4 Å². The molecule has 10 nitrogen and oxygen atoms in total. The van der Waals surface area contributed by atoms with E-state index < -0.39 is 25.1 Å². The van der Waals surface area contributed by atoms with Crippen LogP contribution in [-0.4, -0.2) is 36.4 Å². The third-order valence-corrected chi connectivity index (χ3v) is 4.46. The van der Waals surface area contributed by atoms with Crippen LogP contribution in [0.5, 0.6) is 0 Å². The predicted molar refractivity (Wildman–Crippen MR) is 70.3 cm³/mol. The number of nitrogen functional groups attached to an aromatic ring is 1. The highest BCUT2D eigenvalue weighted by Gasteiger charge is 2.32. The largest absolute Gasteiger partial charge is 0.777 e. The molecular formula is C10H13N5O5P-. The fraction of sp³-hybridized carbons (Fsp3) is 0.500. The van der Waals surface area contributed by atoms with Gasteiger partial charge >= 0.3 is 0 Å². The molecule has 114 valence electrons. The summed E-state index contributed by atoms with van der Waals surface area (Å²) < 4.78 is 17.9. The number of anilines is 1. The lowest BCUT2D eigenvalue weighted by atomic mass is 10.2. The van der Waals surface area contributed by atoms with Gasteiger partial charge in [0.25, 0.3) is 5.56 Å². The van der Waals surface area contributed by atoms with Gasteiger partial charge in [-0.2, -0.15) is 4.98 Å². The van der Waals surface area contributed by atoms with Gasteiger partial charge in [-0.3, -0.25) is 9.78 Å². The van der Waals surface area contributed by atoms with Crippen LogP contribution in [0.2, 0.25) is 0 Å². The minimum atomic E-state index is -4.50. The molecule has 0 amide bonds. The van der Waals surface area contributed by atoms with E-state index in [0.29, 0.717) is 6.42 Å². The number of imidazole rings is 1. The van der Waals surface area contributed by atoms with Crippen molar-refractivity contribution in [1.29, 1.82) is 0 Å². The van der Waals surface area contributed by atoms with Crippen LogP contribution in [0.4, 0.5) is 5.95 Å². The summed E-state index contributed by atoms with van der Waals surface area (Å²) in [4.78, 5) is 42.2. The van der Waals surface area contributed by atoms with Crippen LogP contribution in [0.25, 0.3) is 11.2 Å². The molecule has 0 spiro atoms. The smallest absolute Gasteiger partial charge is 0.278 e. The summed E-state index contributed by atoms with van der Waals surface area (Å²) in [5.41, 5.74) is 5.45. The van der Waals surface area contributed by atoms with Gasteiger partial charge in [0.1, 0.15) is 5.85 Å². The highest BCUT2D eigenvalue weighted by Crippen LogP contribution is 2.44. The van der Waals surface area contributed by atoms with Crippen LogP contribution in [0.15, 0.2) is 11.1 Å². The molecule has 1 aliphatic heterocycles. The first-order valence-corrected chi connectivity index (χ1v) is 7.89. The van der Waals surface area contributed by atoms with Crippen molar-refractivity contribution in [3.63, 3.8) is 0 Å². The molecule has 1 aliphatic rings. The van der Waals surface area contributed by atoms with Crippen LogP contribution in [0, 0.1) is 0 Å². The topological polar surface area (TPSA) is 159 Å². The van der Waals surface area contributed by atoms with Crippen LogP contribution in [0.1, 0.15) is 12.8 Å². The van der Waals surface area contributed by atoms with Crippen LogP contribution >= 0.6 is 7.60 Å². The highest BCUT2D eigenvalue weighted by molar-refractivity contribution is 7.50. The fourth-order valence-electron chi connectivity index (χ4n) is 2.42. The molecule has 3 heterocycles. The number of hydrogen-bond acceptors (Lipinski definition) is 7. The highest BCUT2D eigenvalue weighted by atomic mass is 31.2. The summed E-state index contributed by atoms with van der Waals surface area (Å²) in [6, 6.07) is 0. The van der Waals surface area contributed by atoms with E-state index in [0.717, 1.165) is 0 Å². The number of nitrogens with one attached hydrogen (secondary N) is 1. The van der Waals surface area contributed by atoms with E-state index in [4.69, 9.17) is 15.4 Å². The SMILES string of the molecule is Nc1nc2ncn(CC3CCC(P(=O)([O-])O)O3)c2c(=O)[nH]1. The van der Waals surface area contributed by atoms with E-state index in [1.165, 1.54) is 10.9 Å². The first-order valence-electron chi connectivity index (χ1n) is 6.24. The zero-order valence-corrected chi connectivity index (χ0v) is 11.7. The van der Waals surface area contributed by atoms with Gasteiger partial charge in [-0.25, -0.2) is 4.98 Å². The van der Waals surface area contributed by atoms with Crippen molar-refractivity contribution in [1.82, 2.24) is 19.5 Å². The molecule has 3 atom stereocenters. The van der Waals surface area contributed by atoms with Gasteiger partial charge in [-0.15, -0.1) is 0 Å². The lowest BCUT2D eigenvalue weighted by Gasteiger charge is -2.23. The van der Waals surface area contributed by atoms with Crippen molar-refractivity contribution in [3.8, 4) is 0 Å². The summed E-state index contributed by atoms with van der Waals surface area (Å²) in [5, 5.41) is 0. The van der Waals surface area contributed by atoms with Crippen LogP contribution in [0.3, 0.4) is 0 Å². The quantitative estimate of drug-likeness (QED) is 0.593.